The average molecular weight is 284 g/mol. The van der Waals surface area contributed by atoms with Gasteiger partial charge in [-0.3, -0.25) is 9.59 Å². The molecule has 0 saturated carbocycles. The number of hydrogen-bond donors (Lipinski definition) is 4. The molecule has 1 aromatic heterocycles. The number of H-pyrrole nitrogens is 1. The van der Waals surface area contributed by atoms with E-state index in [1.165, 1.54) is 0 Å². The Bertz CT molecular complexity index is 659. The molecule has 5 N–H and O–H groups in total. The molecule has 2 aromatic rings. The van der Waals surface area contributed by atoms with Crippen LogP contribution >= 0.6 is 0 Å². The van der Waals surface area contributed by atoms with Crippen LogP contribution in [-0.4, -0.2) is 23.3 Å². The Balaban J connectivity index is 2.00. The monoisotopic (exact) mass is 284 g/mol. The summed E-state index contributed by atoms with van der Waals surface area (Å²) < 4.78 is 0. The van der Waals surface area contributed by atoms with Crippen LogP contribution in [0, 0.1) is 0 Å². The number of aromatic amines is 1. The van der Waals surface area contributed by atoms with Crippen molar-refractivity contribution in [1.29, 1.82) is 0 Å². The Hall–Kier alpha value is -3.02. The Kier molecular flexibility index (Phi) is 4.40. The Labute approximate surface area is 122 Å². The van der Waals surface area contributed by atoms with Crippen LogP contribution in [0.4, 0.5) is 11.4 Å². The molecule has 0 saturated heterocycles. The molecule has 0 unspecified atom stereocenters. The molecule has 0 atom stereocenters. The second-order valence-corrected chi connectivity index (χ2v) is 4.38. The van der Waals surface area contributed by atoms with Crippen molar-refractivity contribution in [3.8, 4) is 0 Å². The fourth-order valence-corrected chi connectivity index (χ4v) is 1.71. The van der Waals surface area contributed by atoms with Crippen LogP contribution in [0.5, 0.6) is 0 Å². The van der Waals surface area contributed by atoms with E-state index in [1.807, 2.05) is 0 Å². The van der Waals surface area contributed by atoms with Crippen molar-refractivity contribution in [3.05, 3.63) is 60.4 Å². The van der Waals surface area contributed by atoms with Crippen molar-refractivity contribution in [3.63, 3.8) is 0 Å². The molecule has 0 bridgehead atoms. The standard InChI is InChI=1S/C15H16N4O2/c1-2-7-17-14(20)10-3-5-12(6-4-10)19-15(21)13-8-11(16)9-18-13/h2-6,8-9,18H,1,7,16H2,(H,17,20)(H,19,21). The van der Waals surface area contributed by atoms with Gasteiger partial charge in [0, 0.05) is 29.7 Å². The molecule has 108 valence electrons. The lowest BCUT2D eigenvalue weighted by atomic mass is 10.2. The zero-order valence-corrected chi connectivity index (χ0v) is 11.3. The van der Waals surface area contributed by atoms with E-state index in [0.29, 0.717) is 29.2 Å². The zero-order chi connectivity index (χ0) is 15.2. The maximum atomic E-state index is 11.9. The molecule has 6 nitrogen and oxygen atoms in total. The number of nitrogen functional groups attached to an aromatic ring is 1. The molecule has 0 aliphatic carbocycles. The van der Waals surface area contributed by atoms with E-state index in [0.717, 1.165) is 0 Å². The first kappa shape index (κ1) is 14.4. The third-order valence-corrected chi connectivity index (χ3v) is 2.76. The van der Waals surface area contributed by atoms with E-state index in [9.17, 15) is 9.59 Å². The molecule has 2 rings (SSSR count). The second kappa shape index (κ2) is 6.42. The van der Waals surface area contributed by atoms with Gasteiger partial charge in [-0.15, -0.1) is 6.58 Å². The summed E-state index contributed by atoms with van der Waals surface area (Å²) in [6.45, 7) is 3.94. The topological polar surface area (TPSA) is 100 Å². The van der Waals surface area contributed by atoms with Crippen LogP contribution in [0.1, 0.15) is 20.8 Å². The SMILES string of the molecule is C=CCNC(=O)c1ccc(NC(=O)c2cc(N)c[nH]2)cc1. The van der Waals surface area contributed by atoms with E-state index in [2.05, 4.69) is 22.2 Å². The molecular weight excluding hydrogens is 268 g/mol. The van der Waals surface area contributed by atoms with Gasteiger partial charge in [0.15, 0.2) is 0 Å². The molecule has 6 heteroatoms. The normalized spacial score (nSPS) is 9.90. The zero-order valence-electron chi connectivity index (χ0n) is 11.3. The van der Waals surface area contributed by atoms with Crippen molar-refractivity contribution in [1.82, 2.24) is 10.3 Å². The highest BCUT2D eigenvalue weighted by molar-refractivity contribution is 6.04. The van der Waals surface area contributed by atoms with Gasteiger partial charge in [0.05, 0.1) is 0 Å². The predicted molar refractivity (Wildman–Crippen MR) is 82.1 cm³/mol. The number of anilines is 2. The number of benzene rings is 1. The predicted octanol–water partition coefficient (Wildman–Crippen LogP) is 1.77. The maximum Gasteiger partial charge on any atom is 0.272 e. The number of aromatic nitrogens is 1. The van der Waals surface area contributed by atoms with Gasteiger partial charge >= 0.3 is 0 Å². The number of nitrogens with two attached hydrogens (primary N) is 1. The minimum absolute atomic E-state index is 0.190. The third kappa shape index (κ3) is 3.73. The highest BCUT2D eigenvalue weighted by Crippen LogP contribution is 2.12. The van der Waals surface area contributed by atoms with Gasteiger partial charge in [-0.1, -0.05) is 6.08 Å². The molecule has 21 heavy (non-hydrogen) atoms. The smallest absolute Gasteiger partial charge is 0.272 e. The van der Waals surface area contributed by atoms with Gasteiger partial charge in [-0.25, -0.2) is 0 Å². The van der Waals surface area contributed by atoms with Crippen molar-refractivity contribution in [2.75, 3.05) is 17.6 Å². The summed E-state index contributed by atoms with van der Waals surface area (Å²) in [6, 6.07) is 8.14. The van der Waals surface area contributed by atoms with E-state index in [4.69, 9.17) is 5.73 Å². The quantitative estimate of drug-likeness (QED) is 0.629. The first-order valence-corrected chi connectivity index (χ1v) is 6.34. The van der Waals surface area contributed by atoms with E-state index in [-0.39, 0.29) is 11.8 Å². The van der Waals surface area contributed by atoms with E-state index >= 15 is 0 Å². The number of hydrogen-bond acceptors (Lipinski definition) is 3. The lowest BCUT2D eigenvalue weighted by Gasteiger charge is -2.06. The second-order valence-electron chi connectivity index (χ2n) is 4.38. The molecule has 2 amide bonds. The molecule has 0 spiro atoms. The summed E-state index contributed by atoms with van der Waals surface area (Å²) in [5, 5.41) is 5.38. The average Bonchev–Trinajstić information content (AvgIpc) is 2.92. The molecule has 1 aromatic carbocycles. The van der Waals surface area contributed by atoms with Gasteiger partial charge in [0.1, 0.15) is 5.69 Å². The highest BCUT2D eigenvalue weighted by atomic mass is 16.2. The molecule has 0 aliphatic rings. The number of carbonyl (C=O) groups excluding carboxylic acids is 2. The van der Waals surface area contributed by atoms with Crippen molar-refractivity contribution < 1.29 is 9.59 Å². The number of nitrogens with one attached hydrogen (secondary N) is 3. The summed E-state index contributed by atoms with van der Waals surface area (Å²) >= 11 is 0. The van der Waals surface area contributed by atoms with Gasteiger partial charge in [-0.05, 0) is 30.3 Å². The fourth-order valence-electron chi connectivity index (χ4n) is 1.71. The van der Waals surface area contributed by atoms with Gasteiger partial charge < -0.3 is 21.4 Å². The number of rotatable bonds is 5. The van der Waals surface area contributed by atoms with Crippen molar-refractivity contribution in [2.45, 2.75) is 0 Å². The first-order valence-electron chi connectivity index (χ1n) is 6.34. The van der Waals surface area contributed by atoms with Gasteiger partial charge in [0.25, 0.3) is 11.8 Å². The third-order valence-electron chi connectivity index (χ3n) is 2.76. The Morgan fingerprint density at radius 1 is 1.24 bits per heavy atom. The molecule has 0 aliphatic heterocycles. The highest BCUT2D eigenvalue weighted by Gasteiger charge is 2.09. The number of amides is 2. The van der Waals surface area contributed by atoms with Gasteiger partial charge in [0.2, 0.25) is 0 Å². The lowest BCUT2D eigenvalue weighted by molar-refractivity contribution is 0.0957. The molecular formula is C15H16N4O2. The largest absolute Gasteiger partial charge is 0.397 e. The molecule has 0 radical (unpaired) electrons. The van der Waals surface area contributed by atoms with Crippen LogP contribution in [0.15, 0.2) is 49.2 Å². The first-order chi connectivity index (χ1) is 10.1. The van der Waals surface area contributed by atoms with Crippen molar-refractivity contribution in [2.24, 2.45) is 0 Å². The van der Waals surface area contributed by atoms with Crippen LogP contribution in [0.2, 0.25) is 0 Å². The maximum absolute atomic E-state index is 11.9. The van der Waals surface area contributed by atoms with E-state index in [1.54, 1.807) is 42.6 Å². The lowest BCUT2D eigenvalue weighted by Crippen LogP contribution is -2.23. The Morgan fingerprint density at radius 3 is 2.52 bits per heavy atom. The summed E-state index contributed by atoms with van der Waals surface area (Å²) in [6.07, 6.45) is 3.15. The van der Waals surface area contributed by atoms with Crippen LogP contribution in [0.3, 0.4) is 0 Å². The van der Waals surface area contributed by atoms with Crippen LogP contribution < -0.4 is 16.4 Å². The van der Waals surface area contributed by atoms with Crippen LogP contribution in [-0.2, 0) is 0 Å². The summed E-state index contributed by atoms with van der Waals surface area (Å²) in [5.74, 6) is -0.486. The number of carbonyl (C=O) groups is 2. The summed E-state index contributed by atoms with van der Waals surface area (Å²) in [5.41, 5.74) is 7.51. The van der Waals surface area contributed by atoms with Crippen LogP contribution in [0.25, 0.3) is 0 Å². The fraction of sp³-hybridized carbons (Fsp3) is 0.0667. The minimum atomic E-state index is -0.296. The minimum Gasteiger partial charge on any atom is -0.397 e. The van der Waals surface area contributed by atoms with Gasteiger partial charge in [-0.2, -0.15) is 0 Å². The van der Waals surface area contributed by atoms with E-state index < -0.39 is 0 Å². The summed E-state index contributed by atoms with van der Waals surface area (Å²) in [4.78, 5) is 26.4. The Morgan fingerprint density at radius 2 is 1.95 bits per heavy atom. The molecule has 0 fully saturated rings. The molecule has 1 heterocycles. The summed E-state index contributed by atoms with van der Waals surface area (Å²) in [7, 11) is 0. The van der Waals surface area contributed by atoms with Crippen molar-refractivity contribution >= 4 is 23.2 Å².